The number of Topliss-reactive ketones (excluding diaryl/α,β-unsaturated/α-hetero) is 1. The molecule has 0 bridgehead atoms. The molecule has 0 radical (unpaired) electrons. The van der Waals surface area contributed by atoms with Crippen LogP contribution in [0.25, 0.3) is 0 Å². The van der Waals surface area contributed by atoms with Crippen molar-refractivity contribution < 1.29 is 18.7 Å². The second kappa shape index (κ2) is 10.9. The number of allylic oxidation sites excluding steroid dienone is 1. The van der Waals surface area contributed by atoms with Crippen molar-refractivity contribution in [1.29, 1.82) is 0 Å². The summed E-state index contributed by atoms with van der Waals surface area (Å²) in [5.74, 6) is 0.374. The summed E-state index contributed by atoms with van der Waals surface area (Å²) in [7, 11) is 1.62. The topological polar surface area (TPSA) is 70.7 Å². The minimum atomic E-state index is -0.450. The molecule has 0 aromatic heterocycles. The summed E-state index contributed by atoms with van der Waals surface area (Å²) in [6, 6.07) is 21.4. The average molecular weight is 528 g/mol. The third-order valence-corrected chi connectivity index (χ3v) is 7.40. The lowest BCUT2D eigenvalue weighted by Crippen LogP contribution is -2.42. The number of fused-ring (bicyclic) bond motifs is 1. The van der Waals surface area contributed by atoms with Crippen LogP contribution >= 0.6 is 0 Å². The predicted octanol–water partition coefficient (Wildman–Crippen LogP) is 5.81. The molecule has 39 heavy (non-hydrogen) atoms. The molecule has 7 heteroatoms. The van der Waals surface area contributed by atoms with Crippen LogP contribution < -0.4 is 20.3 Å². The summed E-state index contributed by atoms with van der Waals surface area (Å²) in [4.78, 5) is 29.1. The fourth-order valence-electron chi connectivity index (χ4n) is 5.57. The number of halogens is 1. The molecule has 0 spiro atoms. The molecule has 0 saturated heterocycles. The highest BCUT2D eigenvalue weighted by molar-refractivity contribution is 6.01. The number of carbonyl (C=O) groups is 2. The third-order valence-electron chi connectivity index (χ3n) is 7.40. The first-order valence-corrected chi connectivity index (χ1v) is 13.3. The highest BCUT2D eigenvalue weighted by Gasteiger charge is 2.41. The first-order valence-electron chi connectivity index (χ1n) is 13.3. The molecule has 0 saturated carbocycles. The van der Waals surface area contributed by atoms with E-state index in [0.29, 0.717) is 25.0 Å². The summed E-state index contributed by atoms with van der Waals surface area (Å²) in [5, 5.41) is 6.59. The number of anilines is 2. The quantitative estimate of drug-likeness (QED) is 0.406. The molecule has 2 N–H and O–H groups in total. The van der Waals surface area contributed by atoms with E-state index in [0.717, 1.165) is 40.4 Å². The van der Waals surface area contributed by atoms with Gasteiger partial charge >= 0.3 is 0 Å². The number of rotatable bonds is 7. The van der Waals surface area contributed by atoms with Gasteiger partial charge in [-0.2, -0.15) is 0 Å². The Bertz CT molecular complexity index is 1400. The van der Waals surface area contributed by atoms with Crippen LogP contribution in [-0.2, 0) is 16.0 Å². The molecule has 5 rings (SSSR count). The monoisotopic (exact) mass is 527 g/mol. The highest BCUT2D eigenvalue weighted by atomic mass is 19.1. The van der Waals surface area contributed by atoms with E-state index in [9.17, 15) is 14.0 Å². The average Bonchev–Trinajstić information content (AvgIpc) is 3.03. The van der Waals surface area contributed by atoms with Gasteiger partial charge in [0.05, 0.1) is 31.1 Å². The summed E-state index contributed by atoms with van der Waals surface area (Å²) in [5.41, 5.74) is 5.02. The van der Waals surface area contributed by atoms with Gasteiger partial charge < -0.3 is 20.3 Å². The fourth-order valence-corrected chi connectivity index (χ4v) is 5.57. The zero-order valence-electron chi connectivity index (χ0n) is 22.6. The van der Waals surface area contributed by atoms with Crippen molar-refractivity contribution in [1.82, 2.24) is 5.32 Å². The number of nitrogens with one attached hydrogen (secondary N) is 2. The maximum atomic E-state index is 13.8. The first-order chi connectivity index (χ1) is 18.7. The predicted molar refractivity (Wildman–Crippen MR) is 151 cm³/mol. The van der Waals surface area contributed by atoms with Crippen LogP contribution in [0.4, 0.5) is 15.8 Å². The summed E-state index contributed by atoms with van der Waals surface area (Å²) in [6.07, 6.45) is 1.76. The molecule has 1 unspecified atom stereocenters. The number of hydrogen-bond donors (Lipinski definition) is 2. The molecular formula is C32H34FN3O3. The van der Waals surface area contributed by atoms with Gasteiger partial charge in [0, 0.05) is 24.2 Å². The normalized spacial score (nSPS) is 18.0. The molecule has 1 amide bonds. The maximum absolute atomic E-state index is 13.8. The standard InChI is InChI=1S/C32H34FN3O3/c1-32(2)18-26-30(28(37)19-32)31(22-10-14-24(39-3)15-11-22)36(27-7-5-4-6-25(27)35-26)20-29(38)34-17-16-21-8-12-23(33)13-9-21/h4-15,31,35H,16-20H2,1-3H3,(H,34,38). The van der Waals surface area contributed by atoms with Crippen molar-refractivity contribution in [3.63, 3.8) is 0 Å². The van der Waals surface area contributed by atoms with Gasteiger partial charge in [-0.1, -0.05) is 50.2 Å². The number of hydrogen-bond acceptors (Lipinski definition) is 5. The number of nitrogens with zero attached hydrogens (tertiary/aromatic N) is 1. The SMILES string of the molecule is COc1ccc(C2C3=C(CC(C)(C)CC3=O)Nc3ccccc3N2CC(=O)NCCc2ccc(F)cc2)cc1. The van der Waals surface area contributed by atoms with Gasteiger partial charge in [0.15, 0.2) is 5.78 Å². The van der Waals surface area contributed by atoms with Gasteiger partial charge in [0.2, 0.25) is 5.91 Å². The largest absolute Gasteiger partial charge is 0.497 e. The molecular weight excluding hydrogens is 493 g/mol. The van der Waals surface area contributed by atoms with Crippen LogP contribution in [0.15, 0.2) is 84.1 Å². The van der Waals surface area contributed by atoms with Crippen molar-refractivity contribution in [3.8, 4) is 5.75 Å². The highest BCUT2D eigenvalue weighted by Crippen LogP contribution is 2.48. The van der Waals surface area contributed by atoms with Gasteiger partial charge in [-0.15, -0.1) is 0 Å². The van der Waals surface area contributed by atoms with Gasteiger partial charge in [-0.25, -0.2) is 4.39 Å². The van der Waals surface area contributed by atoms with Crippen LogP contribution in [0.5, 0.6) is 5.75 Å². The Labute approximate surface area is 228 Å². The van der Waals surface area contributed by atoms with Crippen molar-refractivity contribution in [3.05, 3.63) is 101 Å². The van der Waals surface area contributed by atoms with Crippen molar-refractivity contribution >= 4 is 23.1 Å². The van der Waals surface area contributed by atoms with E-state index in [1.807, 2.05) is 53.4 Å². The number of carbonyl (C=O) groups excluding carboxylic acids is 2. The Balaban J connectivity index is 1.50. The molecule has 3 aromatic carbocycles. The van der Waals surface area contributed by atoms with Crippen molar-refractivity contribution in [2.24, 2.45) is 5.41 Å². The number of benzene rings is 3. The summed E-state index contributed by atoms with van der Waals surface area (Å²) in [6.45, 7) is 4.71. The van der Waals surface area contributed by atoms with E-state index < -0.39 is 6.04 Å². The summed E-state index contributed by atoms with van der Waals surface area (Å²) >= 11 is 0. The molecule has 3 aromatic rings. The van der Waals surface area contributed by atoms with E-state index in [4.69, 9.17) is 4.74 Å². The first kappa shape index (κ1) is 26.5. The Morgan fingerprint density at radius 1 is 1.05 bits per heavy atom. The van der Waals surface area contributed by atoms with Crippen LogP contribution in [0.3, 0.4) is 0 Å². The molecule has 6 nitrogen and oxygen atoms in total. The van der Waals surface area contributed by atoms with E-state index in [-0.39, 0.29) is 29.5 Å². The second-order valence-electron chi connectivity index (χ2n) is 11.0. The maximum Gasteiger partial charge on any atom is 0.239 e. The van der Waals surface area contributed by atoms with Crippen LogP contribution in [-0.4, -0.2) is 31.9 Å². The smallest absolute Gasteiger partial charge is 0.239 e. The number of ketones is 1. The molecule has 0 fully saturated rings. The zero-order valence-corrected chi connectivity index (χ0v) is 22.6. The van der Waals surface area contributed by atoms with Gasteiger partial charge in [0.25, 0.3) is 0 Å². The van der Waals surface area contributed by atoms with E-state index in [1.165, 1.54) is 12.1 Å². The molecule has 202 valence electrons. The van der Waals surface area contributed by atoms with Crippen molar-refractivity contribution in [2.45, 2.75) is 39.2 Å². The molecule has 1 atom stereocenters. The molecule has 1 aliphatic carbocycles. The molecule has 2 aliphatic rings. The third kappa shape index (κ3) is 5.82. The van der Waals surface area contributed by atoms with Crippen LogP contribution in [0, 0.1) is 11.2 Å². The zero-order chi connectivity index (χ0) is 27.6. The van der Waals surface area contributed by atoms with E-state index in [1.54, 1.807) is 19.2 Å². The fraction of sp³-hybridized carbons (Fsp3) is 0.312. The van der Waals surface area contributed by atoms with Crippen LogP contribution in [0.1, 0.15) is 43.9 Å². The number of amides is 1. The van der Waals surface area contributed by atoms with Gasteiger partial charge in [0.1, 0.15) is 11.6 Å². The Morgan fingerprint density at radius 2 is 1.77 bits per heavy atom. The minimum Gasteiger partial charge on any atom is -0.497 e. The summed E-state index contributed by atoms with van der Waals surface area (Å²) < 4.78 is 18.6. The Hall–Kier alpha value is -4.13. The van der Waals surface area contributed by atoms with E-state index >= 15 is 0 Å². The van der Waals surface area contributed by atoms with Gasteiger partial charge in [-0.3, -0.25) is 9.59 Å². The van der Waals surface area contributed by atoms with E-state index in [2.05, 4.69) is 24.5 Å². The van der Waals surface area contributed by atoms with Crippen molar-refractivity contribution in [2.75, 3.05) is 30.4 Å². The Kier molecular flexibility index (Phi) is 7.42. The van der Waals surface area contributed by atoms with Crippen LogP contribution in [0.2, 0.25) is 0 Å². The molecule has 1 aliphatic heterocycles. The number of methoxy groups -OCH3 is 1. The lowest BCUT2D eigenvalue weighted by molar-refractivity contribution is -0.120. The minimum absolute atomic E-state index is 0.0618. The second-order valence-corrected chi connectivity index (χ2v) is 11.0. The van der Waals surface area contributed by atoms with Gasteiger partial charge in [-0.05, 0) is 65.8 Å². The Morgan fingerprint density at radius 3 is 2.49 bits per heavy atom. The molecule has 1 heterocycles. The number of ether oxygens (including phenoxy) is 1. The lowest BCUT2D eigenvalue weighted by atomic mass is 9.73. The number of para-hydroxylation sites is 2. The lowest BCUT2D eigenvalue weighted by Gasteiger charge is -2.38.